The van der Waals surface area contributed by atoms with Crippen molar-refractivity contribution < 1.29 is 9.21 Å². The summed E-state index contributed by atoms with van der Waals surface area (Å²) in [4.78, 5) is 15.0. The van der Waals surface area contributed by atoms with Gasteiger partial charge >= 0.3 is 0 Å². The first kappa shape index (κ1) is 19.5. The summed E-state index contributed by atoms with van der Waals surface area (Å²) in [6, 6.07) is 13.7. The van der Waals surface area contributed by atoms with E-state index in [1.54, 1.807) is 6.26 Å². The first-order valence-corrected chi connectivity index (χ1v) is 10.8. The predicted octanol–water partition coefficient (Wildman–Crippen LogP) is 4.65. The maximum absolute atomic E-state index is 13.1. The summed E-state index contributed by atoms with van der Waals surface area (Å²) in [5.41, 5.74) is 2.11. The third-order valence-electron chi connectivity index (χ3n) is 5.00. The second kappa shape index (κ2) is 9.13. The van der Waals surface area contributed by atoms with E-state index < -0.39 is 0 Å². The Morgan fingerprint density at radius 3 is 2.76 bits per heavy atom. The highest BCUT2D eigenvalue weighted by Gasteiger charge is 2.22. The zero-order valence-corrected chi connectivity index (χ0v) is 17.3. The van der Waals surface area contributed by atoms with Gasteiger partial charge in [-0.25, -0.2) is 0 Å². The van der Waals surface area contributed by atoms with Gasteiger partial charge in [0, 0.05) is 18.3 Å². The normalized spacial score (nSPS) is 13.9. The number of nitrogens with zero attached hydrogens (tertiary/aromatic N) is 4. The number of aromatic nitrogens is 3. The Morgan fingerprint density at radius 2 is 2.03 bits per heavy atom. The predicted molar refractivity (Wildman–Crippen MR) is 113 cm³/mol. The molecule has 0 N–H and O–H groups in total. The van der Waals surface area contributed by atoms with Crippen LogP contribution >= 0.6 is 11.8 Å². The van der Waals surface area contributed by atoms with Crippen LogP contribution in [-0.4, -0.2) is 31.3 Å². The Hall–Kier alpha value is -2.80. The first-order chi connectivity index (χ1) is 14.2. The van der Waals surface area contributed by atoms with Crippen molar-refractivity contribution in [1.82, 2.24) is 19.7 Å². The van der Waals surface area contributed by atoms with Crippen molar-refractivity contribution >= 4 is 17.7 Å². The van der Waals surface area contributed by atoms with Crippen LogP contribution in [0.25, 0.3) is 11.4 Å². The zero-order valence-electron chi connectivity index (χ0n) is 16.5. The Balaban J connectivity index is 1.47. The van der Waals surface area contributed by atoms with E-state index in [0.29, 0.717) is 12.3 Å². The molecule has 1 aliphatic rings. The van der Waals surface area contributed by atoms with Gasteiger partial charge in [0.15, 0.2) is 11.0 Å². The van der Waals surface area contributed by atoms with E-state index in [1.807, 2.05) is 59.0 Å². The van der Waals surface area contributed by atoms with E-state index in [4.69, 9.17) is 4.42 Å². The summed E-state index contributed by atoms with van der Waals surface area (Å²) in [7, 11) is 1.93. The molecule has 150 valence electrons. The molecule has 1 aliphatic carbocycles. The third kappa shape index (κ3) is 4.62. The number of carbonyl (C=O) groups is 1. The molecule has 4 rings (SSSR count). The lowest BCUT2D eigenvalue weighted by Gasteiger charge is -2.27. The maximum atomic E-state index is 13.1. The fraction of sp³-hybridized carbons (Fsp3) is 0.318. The Morgan fingerprint density at radius 1 is 1.17 bits per heavy atom. The highest BCUT2D eigenvalue weighted by Crippen LogP contribution is 2.26. The lowest BCUT2D eigenvalue weighted by molar-refractivity contribution is -0.127. The second-order valence-electron chi connectivity index (χ2n) is 7.02. The van der Waals surface area contributed by atoms with E-state index in [2.05, 4.69) is 16.3 Å². The van der Waals surface area contributed by atoms with Gasteiger partial charge in [0.2, 0.25) is 5.91 Å². The van der Waals surface area contributed by atoms with Gasteiger partial charge in [0.25, 0.3) is 0 Å². The molecule has 0 spiro atoms. The van der Waals surface area contributed by atoms with Gasteiger partial charge in [0.1, 0.15) is 5.76 Å². The number of benzene rings is 1. The van der Waals surface area contributed by atoms with E-state index in [0.717, 1.165) is 47.3 Å². The summed E-state index contributed by atoms with van der Waals surface area (Å²) in [5, 5.41) is 9.31. The standard InChI is InChI=1S/C22H24N4O2S/c1-25-21(17-9-4-2-5-10-17)23-24-22(25)29-16-20(27)26(15-19-13-8-14-28-19)18-11-6-3-7-12-18/h2,4-5,8-11,13-14H,3,6-7,12,15-16H2,1H3. The van der Waals surface area contributed by atoms with E-state index in [9.17, 15) is 4.79 Å². The Labute approximate surface area is 174 Å². The van der Waals surface area contributed by atoms with Crippen molar-refractivity contribution in [2.75, 3.05) is 5.75 Å². The minimum Gasteiger partial charge on any atom is -0.467 e. The minimum absolute atomic E-state index is 0.0591. The van der Waals surface area contributed by atoms with Gasteiger partial charge in [-0.2, -0.15) is 0 Å². The molecule has 0 aliphatic heterocycles. The van der Waals surface area contributed by atoms with Gasteiger partial charge in [-0.3, -0.25) is 4.79 Å². The second-order valence-corrected chi connectivity index (χ2v) is 7.96. The first-order valence-electron chi connectivity index (χ1n) is 9.82. The lowest BCUT2D eigenvalue weighted by Crippen LogP contribution is -2.32. The van der Waals surface area contributed by atoms with Gasteiger partial charge < -0.3 is 13.9 Å². The molecule has 0 bridgehead atoms. The number of hydrogen-bond donors (Lipinski definition) is 0. The van der Waals surface area contributed by atoms with E-state index in [-0.39, 0.29) is 5.91 Å². The number of allylic oxidation sites excluding steroid dienone is 2. The van der Waals surface area contributed by atoms with Gasteiger partial charge in [-0.15, -0.1) is 10.2 Å². The van der Waals surface area contributed by atoms with Crippen LogP contribution in [0.2, 0.25) is 0 Å². The molecule has 0 saturated heterocycles. The molecular weight excluding hydrogens is 384 g/mol. The summed E-state index contributed by atoms with van der Waals surface area (Å²) in [5.74, 6) is 1.95. The SMILES string of the molecule is Cn1c(SCC(=O)N(Cc2ccco2)C2=CCCCC2)nnc1-c1ccccc1. The molecule has 2 aromatic heterocycles. The number of rotatable bonds is 7. The molecule has 0 fully saturated rings. The Kier molecular flexibility index (Phi) is 6.14. The number of amides is 1. The number of furan rings is 1. The van der Waals surface area contributed by atoms with Gasteiger partial charge in [0.05, 0.1) is 18.6 Å². The van der Waals surface area contributed by atoms with Crippen molar-refractivity contribution in [1.29, 1.82) is 0 Å². The molecular formula is C22H24N4O2S. The molecule has 0 radical (unpaired) electrons. The topological polar surface area (TPSA) is 64.2 Å². The van der Waals surface area contributed by atoms with Gasteiger partial charge in [-0.05, 0) is 37.8 Å². The van der Waals surface area contributed by atoms with Crippen LogP contribution in [0.1, 0.15) is 31.4 Å². The van der Waals surface area contributed by atoms with Crippen molar-refractivity contribution in [3.63, 3.8) is 0 Å². The molecule has 29 heavy (non-hydrogen) atoms. The molecule has 7 heteroatoms. The number of thioether (sulfide) groups is 1. The van der Waals surface area contributed by atoms with Crippen molar-refractivity contribution in [3.05, 3.63) is 66.3 Å². The molecule has 1 aromatic carbocycles. The maximum Gasteiger partial charge on any atom is 0.237 e. The fourth-order valence-corrected chi connectivity index (χ4v) is 4.25. The summed E-state index contributed by atoms with van der Waals surface area (Å²) >= 11 is 1.42. The molecule has 1 amide bonds. The zero-order chi connectivity index (χ0) is 20.1. The Bertz CT molecular complexity index is 980. The largest absolute Gasteiger partial charge is 0.467 e. The molecule has 6 nitrogen and oxygen atoms in total. The van der Waals surface area contributed by atoms with Crippen LogP contribution in [-0.2, 0) is 18.4 Å². The van der Waals surface area contributed by atoms with Gasteiger partial charge in [-0.1, -0.05) is 48.2 Å². The molecule has 2 heterocycles. The van der Waals surface area contributed by atoms with E-state index in [1.165, 1.54) is 18.2 Å². The van der Waals surface area contributed by atoms with Crippen molar-refractivity contribution in [3.8, 4) is 11.4 Å². The monoisotopic (exact) mass is 408 g/mol. The van der Waals surface area contributed by atoms with Crippen LogP contribution in [0.3, 0.4) is 0 Å². The number of hydrogen-bond acceptors (Lipinski definition) is 5. The average Bonchev–Trinajstić information content (AvgIpc) is 3.41. The van der Waals surface area contributed by atoms with Crippen LogP contribution in [0.4, 0.5) is 0 Å². The quantitative estimate of drug-likeness (QED) is 0.532. The summed E-state index contributed by atoms with van der Waals surface area (Å²) in [6.07, 6.45) is 8.08. The van der Waals surface area contributed by atoms with E-state index >= 15 is 0 Å². The van der Waals surface area contributed by atoms with Crippen molar-refractivity contribution in [2.45, 2.75) is 37.4 Å². The minimum atomic E-state index is 0.0591. The summed E-state index contributed by atoms with van der Waals surface area (Å²) in [6.45, 7) is 0.465. The smallest absolute Gasteiger partial charge is 0.237 e. The van der Waals surface area contributed by atoms with Crippen LogP contribution in [0, 0.1) is 0 Å². The summed E-state index contributed by atoms with van der Waals surface area (Å²) < 4.78 is 7.42. The van der Waals surface area contributed by atoms with Crippen LogP contribution < -0.4 is 0 Å². The molecule has 3 aromatic rings. The number of carbonyl (C=O) groups excluding carboxylic acids is 1. The van der Waals surface area contributed by atoms with Crippen LogP contribution in [0.15, 0.2) is 70.1 Å². The average molecular weight is 409 g/mol. The highest BCUT2D eigenvalue weighted by molar-refractivity contribution is 7.99. The molecule has 0 atom stereocenters. The van der Waals surface area contributed by atoms with Crippen LogP contribution in [0.5, 0.6) is 0 Å². The fourth-order valence-electron chi connectivity index (χ4n) is 3.46. The third-order valence-corrected chi connectivity index (χ3v) is 6.01. The highest BCUT2D eigenvalue weighted by atomic mass is 32.2. The lowest BCUT2D eigenvalue weighted by atomic mass is 10.0. The van der Waals surface area contributed by atoms with Crippen molar-refractivity contribution in [2.24, 2.45) is 7.05 Å². The molecule has 0 saturated carbocycles. The molecule has 0 unspecified atom stereocenters.